The summed E-state index contributed by atoms with van der Waals surface area (Å²) in [7, 11) is 0. The molecule has 2 N–H and O–H groups in total. The number of carboxylic acids is 1. The number of halogens is 1. The molecule has 1 aromatic rings. The largest absolute Gasteiger partial charge is 0.478 e. The van der Waals surface area contributed by atoms with Gasteiger partial charge in [0.2, 0.25) is 0 Å². The Labute approximate surface area is 91.6 Å². The lowest BCUT2D eigenvalue weighted by molar-refractivity contribution is -0.132. The fourth-order valence-electron chi connectivity index (χ4n) is 1.04. The molecule has 0 heterocycles. The van der Waals surface area contributed by atoms with E-state index >= 15 is 0 Å². The van der Waals surface area contributed by atoms with Gasteiger partial charge in [-0.3, -0.25) is 0 Å². The van der Waals surface area contributed by atoms with Crippen molar-refractivity contribution in [1.29, 1.82) is 5.26 Å². The first-order valence-corrected chi connectivity index (χ1v) is 4.39. The number of hydrogen-bond acceptors (Lipinski definition) is 3. The lowest BCUT2D eigenvalue weighted by Gasteiger charge is -2.07. The maximum absolute atomic E-state index is 12.8. The summed E-state index contributed by atoms with van der Waals surface area (Å²) in [5.41, 5.74) is 0.470. The molecule has 0 atom stereocenters. The van der Waals surface area contributed by atoms with E-state index in [1.165, 1.54) is 12.1 Å². The maximum atomic E-state index is 12.8. The van der Waals surface area contributed by atoms with E-state index in [1.54, 1.807) is 0 Å². The van der Waals surface area contributed by atoms with E-state index in [0.717, 1.165) is 6.07 Å². The highest BCUT2D eigenvalue weighted by atomic mass is 19.1. The van der Waals surface area contributed by atoms with Crippen LogP contribution in [0.15, 0.2) is 30.4 Å². The first-order valence-electron chi connectivity index (χ1n) is 4.39. The number of nitriles is 1. The minimum Gasteiger partial charge on any atom is -0.478 e. The maximum Gasteiger partial charge on any atom is 0.332 e. The van der Waals surface area contributed by atoms with Crippen LogP contribution in [0.2, 0.25) is 0 Å². The SMILES string of the molecule is C=C(CNc1ccc(F)cc1C#N)C(=O)O. The number of nitrogens with one attached hydrogen (secondary N) is 1. The Balaban J connectivity index is 2.79. The van der Waals surface area contributed by atoms with Gasteiger partial charge in [-0.2, -0.15) is 5.26 Å². The van der Waals surface area contributed by atoms with E-state index in [2.05, 4.69) is 11.9 Å². The monoisotopic (exact) mass is 220 g/mol. The van der Waals surface area contributed by atoms with Crippen molar-refractivity contribution in [2.45, 2.75) is 0 Å². The molecule has 0 aliphatic heterocycles. The second kappa shape index (κ2) is 4.94. The summed E-state index contributed by atoms with van der Waals surface area (Å²) in [5.74, 6) is -1.63. The Morgan fingerprint density at radius 1 is 1.62 bits per heavy atom. The van der Waals surface area contributed by atoms with Crippen LogP contribution in [0.4, 0.5) is 10.1 Å². The van der Waals surface area contributed by atoms with Crippen LogP contribution < -0.4 is 5.32 Å². The van der Waals surface area contributed by atoms with Crippen LogP contribution in [-0.2, 0) is 4.79 Å². The topological polar surface area (TPSA) is 73.1 Å². The molecule has 4 nitrogen and oxygen atoms in total. The van der Waals surface area contributed by atoms with Crippen LogP contribution in [-0.4, -0.2) is 17.6 Å². The third-order valence-corrected chi connectivity index (χ3v) is 1.90. The summed E-state index contributed by atoms with van der Waals surface area (Å²) in [6, 6.07) is 5.45. The molecule has 0 bridgehead atoms. The van der Waals surface area contributed by atoms with E-state index in [4.69, 9.17) is 10.4 Å². The number of nitrogens with zero attached hydrogens (tertiary/aromatic N) is 1. The van der Waals surface area contributed by atoms with Crippen LogP contribution in [0.25, 0.3) is 0 Å². The minimum absolute atomic E-state index is 0.00432. The van der Waals surface area contributed by atoms with Gasteiger partial charge in [-0.15, -0.1) is 0 Å². The van der Waals surface area contributed by atoms with E-state index in [-0.39, 0.29) is 17.7 Å². The molecule has 0 amide bonds. The summed E-state index contributed by atoms with van der Waals surface area (Å²) < 4.78 is 12.8. The summed E-state index contributed by atoms with van der Waals surface area (Å²) in [6.45, 7) is 3.32. The number of rotatable bonds is 4. The van der Waals surface area contributed by atoms with E-state index in [0.29, 0.717) is 5.69 Å². The molecule has 0 saturated heterocycles. The van der Waals surface area contributed by atoms with Crippen molar-refractivity contribution >= 4 is 11.7 Å². The zero-order valence-corrected chi connectivity index (χ0v) is 8.33. The first kappa shape index (κ1) is 11.7. The molecule has 0 aliphatic rings. The standard InChI is InChI=1S/C11H9FN2O2/c1-7(11(15)16)6-14-10-3-2-9(12)4-8(10)5-13/h2-4,14H,1,6H2,(H,15,16). The minimum atomic E-state index is -1.12. The van der Waals surface area contributed by atoms with Gasteiger partial charge in [-0.05, 0) is 18.2 Å². The Morgan fingerprint density at radius 3 is 2.88 bits per heavy atom. The summed E-state index contributed by atoms with van der Waals surface area (Å²) in [5, 5.41) is 20.0. The smallest absolute Gasteiger partial charge is 0.332 e. The molecule has 0 saturated carbocycles. The average molecular weight is 220 g/mol. The number of hydrogen-bond donors (Lipinski definition) is 2. The second-order valence-electron chi connectivity index (χ2n) is 3.06. The van der Waals surface area contributed by atoms with Crippen molar-refractivity contribution < 1.29 is 14.3 Å². The van der Waals surface area contributed by atoms with Gasteiger partial charge < -0.3 is 10.4 Å². The Kier molecular flexibility index (Phi) is 3.62. The quantitative estimate of drug-likeness (QED) is 0.758. The molecular weight excluding hydrogens is 211 g/mol. The molecule has 0 unspecified atom stereocenters. The zero-order chi connectivity index (χ0) is 12.1. The van der Waals surface area contributed by atoms with Gasteiger partial charge in [-0.25, -0.2) is 9.18 Å². The van der Waals surface area contributed by atoms with Crippen LogP contribution in [0.5, 0.6) is 0 Å². The second-order valence-corrected chi connectivity index (χ2v) is 3.06. The molecule has 0 radical (unpaired) electrons. The highest BCUT2D eigenvalue weighted by Gasteiger charge is 2.06. The highest BCUT2D eigenvalue weighted by molar-refractivity contribution is 5.86. The number of carboxylic acid groups (broad SMARTS) is 1. The molecule has 82 valence electrons. The first-order chi connectivity index (χ1) is 7.54. The number of aliphatic carboxylic acids is 1. The van der Waals surface area contributed by atoms with Crippen molar-refractivity contribution in [3.05, 3.63) is 41.7 Å². The third kappa shape index (κ3) is 2.82. The fraction of sp³-hybridized carbons (Fsp3) is 0.0909. The van der Waals surface area contributed by atoms with Crippen molar-refractivity contribution in [2.75, 3.05) is 11.9 Å². The Hall–Kier alpha value is -2.35. The van der Waals surface area contributed by atoms with E-state index < -0.39 is 11.8 Å². The molecule has 1 aromatic carbocycles. The lowest BCUT2D eigenvalue weighted by atomic mass is 10.2. The molecular formula is C11H9FN2O2. The number of carbonyl (C=O) groups is 1. The van der Waals surface area contributed by atoms with Crippen LogP contribution in [0.1, 0.15) is 5.56 Å². The van der Waals surface area contributed by atoms with E-state index in [1.807, 2.05) is 6.07 Å². The zero-order valence-electron chi connectivity index (χ0n) is 8.33. The lowest BCUT2D eigenvalue weighted by Crippen LogP contribution is -2.11. The molecule has 0 spiro atoms. The van der Waals surface area contributed by atoms with Gasteiger partial charge in [0, 0.05) is 12.1 Å². The summed E-state index contributed by atoms with van der Waals surface area (Å²) in [6.07, 6.45) is 0. The summed E-state index contributed by atoms with van der Waals surface area (Å²) >= 11 is 0. The van der Waals surface area contributed by atoms with Gasteiger partial charge >= 0.3 is 5.97 Å². The molecule has 0 aliphatic carbocycles. The van der Waals surface area contributed by atoms with Gasteiger partial charge in [0.15, 0.2) is 0 Å². The van der Waals surface area contributed by atoms with Crippen molar-refractivity contribution in [3.8, 4) is 6.07 Å². The van der Waals surface area contributed by atoms with E-state index in [9.17, 15) is 9.18 Å². The molecule has 0 fully saturated rings. The third-order valence-electron chi connectivity index (χ3n) is 1.90. The molecule has 16 heavy (non-hydrogen) atoms. The predicted molar refractivity (Wildman–Crippen MR) is 56.4 cm³/mol. The highest BCUT2D eigenvalue weighted by Crippen LogP contribution is 2.16. The molecule has 0 aromatic heterocycles. The Bertz CT molecular complexity index is 477. The average Bonchev–Trinajstić information content (AvgIpc) is 2.26. The fourth-order valence-corrected chi connectivity index (χ4v) is 1.04. The normalized spacial score (nSPS) is 9.25. The Morgan fingerprint density at radius 2 is 2.31 bits per heavy atom. The van der Waals surface area contributed by atoms with Crippen molar-refractivity contribution in [3.63, 3.8) is 0 Å². The van der Waals surface area contributed by atoms with Gasteiger partial charge in [0.1, 0.15) is 11.9 Å². The van der Waals surface area contributed by atoms with Crippen LogP contribution >= 0.6 is 0 Å². The van der Waals surface area contributed by atoms with Gasteiger partial charge in [0.05, 0.1) is 11.3 Å². The van der Waals surface area contributed by atoms with Crippen molar-refractivity contribution in [1.82, 2.24) is 0 Å². The van der Waals surface area contributed by atoms with Gasteiger partial charge in [0.25, 0.3) is 0 Å². The molecule has 1 rings (SSSR count). The van der Waals surface area contributed by atoms with Crippen molar-refractivity contribution in [2.24, 2.45) is 0 Å². The molecule has 5 heteroatoms. The number of anilines is 1. The number of benzene rings is 1. The summed E-state index contributed by atoms with van der Waals surface area (Å²) in [4.78, 5) is 10.5. The van der Waals surface area contributed by atoms with Crippen LogP contribution in [0, 0.1) is 17.1 Å². The predicted octanol–water partition coefficient (Wildman–Crippen LogP) is 1.75. The van der Waals surface area contributed by atoms with Crippen LogP contribution in [0.3, 0.4) is 0 Å². The van der Waals surface area contributed by atoms with Gasteiger partial charge in [-0.1, -0.05) is 6.58 Å².